The van der Waals surface area contributed by atoms with Crippen LogP contribution >= 0.6 is 0 Å². The molecule has 1 aromatic rings. The summed E-state index contributed by atoms with van der Waals surface area (Å²) in [6, 6.07) is 4.32. The summed E-state index contributed by atoms with van der Waals surface area (Å²) in [6.45, 7) is 8.50. The molecule has 0 bridgehead atoms. The molecule has 1 saturated heterocycles. The minimum atomic E-state index is 0.0918. The molecule has 0 radical (unpaired) electrons. The van der Waals surface area contributed by atoms with Crippen molar-refractivity contribution in [3.8, 4) is 0 Å². The summed E-state index contributed by atoms with van der Waals surface area (Å²) in [5.41, 5.74) is 1.30. The lowest BCUT2D eigenvalue weighted by Crippen LogP contribution is -2.37. The smallest absolute Gasteiger partial charge is 0.133 e. The lowest BCUT2D eigenvalue weighted by Gasteiger charge is -2.28. The van der Waals surface area contributed by atoms with E-state index >= 15 is 0 Å². The first-order valence-electron chi connectivity index (χ1n) is 7.08. The number of hydrogen-bond donors (Lipinski definition) is 2. The fourth-order valence-electron chi connectivity index (χ4n) is 2.49. The van der Waals surface area contributed by atoms with Crippen LogP contribution in [0.25, 0.3) is 0 Å². The normalized spacial score (nSPS) is 20.0. The Morgan fingerprint density at radius 2 is 2.26 bits per heavy atom. The first-order chi connectivity index (χ1) is 9.01. The third-order valence-electron chi connectivity index (χ3n) is 3.54. The van der Waals surface area contributed by atoms with Crippen molar-refractivity contribution >= 4 is 5.82 Å². The fraction of sp³-hybridized carbons (Fsp3) is 0.667. The van der Waals surface area contributed by atoms with Gasteiger partial charge in [0.2, 0.25) is 0 Å². The largest absolute Gasteiger partial charge is 0.394 e. The van der Waals surface area contributed by atoms with Gasteiger partial charge < -0.3 is 15.3 Å². The summed E-state index contributed by atoms with van der Waals surface area (Å²) in [5.74, 6) is 1.02. The van der Waals surface area contributed by atoms with E-state index < -0.39 is 0 Å². The second-order valence-corrected chi connectivity index (χ2v) is 6.26. The molecular weight excluding hydrogens is 238 g/mol. The van der Waals surface area contributed by atoms with Gasteiger partial charge >= 0.3 is 0 Å². The Kier molecular flexibility index (Phi) is 4.42. The van der Waals surface area contributed by atoms with Gasteiger partial charge in [0.15, 0.2) is 0 Å². The topological polar surface area (TPSA) is 48.4 Å². The highest BCUT2D eigenvalue weighted by Gasteiger charge is 2.26. The SMILES string of the molecule is CC(C)(C)NCc1cccnc1N1CCCC1CO. The highest BCUT2D eigenvalue weighted by molar-refractivity contribution is 5.48. The van der Waals surface area contributed by atoms with Crippen molar-refractivity contribution < 1.29 is 5.11 Å². The van der Waals surface area contributed by atoms with E-state index in [1.165, 1.54) is 5.56 Å². The van der Waals surface area contributed by atoms with Crippen molar-refractivity contribution in [2.24, 2.45) is 0 Å². The van der Waals surface area contributed by atoms with Crippen molar-refractivity contribution in [2.45, 2.75) is 51.7 Å². The minimum Gasteiger partial charge on any atom is -0.394 e. The van der Waals surface area contributed by atoms with Gasteiger partial charge in [0.05, 0.1) is 12.6 Å². The number of anilines is 1. The number of aromatic nitrogens is 1. The number of nitrogens with zero attached hydrogens (tertiary/aromatic N) is 2. The summed E-state index contributed by atoms with van der Waals surface area (Å²) < 4.78 is 0. The molecule has 0 saturated carbocycles. The molecule has 19 heavy (non-hydrogen) atoms. The van der Waals surface area contributed by atoms with E-state index in [-0.39, 0.29) is 18.2 Å². The summed E-state index contributed by atoms with van der Waals surface area (Å²) in [7, 11) is 0. The molecule has 1 aromatic heterocycles. The van der Waals surface area contributed by atoms with Crippen LogP contribution in [0.5, 0.6) is 0 Å². The molecular formula is C15H25N3O. The van der Waals surface area contributed by atoms with Crippen LogP contribution in [0.15, 0.2) is 18.3 Å². The molecule has 0 spiro atoms. The second-order valence-electron chi connectivity index (χ2n) is 6.26. The Balaban J connectivity index is 2.16. The van der Waals surface area contributed by atoms with E-state index in [9.17, 15) is 5.11 Å². The van der Waals surface area contributed by atoms with E-state index in [1.807, 2.05) is 12.3 Å². The predicted molar refractivity (Wildman–Crippen MR) is 78.3 cm³/mol. The molecule has 106 valence electrons. The van der Waals surface area contributed by atoms with Crippen LogP contribution < -0.4 is 10.2 Å². The monoisotopic (exact) mass is 263 g/mol. The van der Waals surface area contributed by atoms with Gasteiger partial charge in [0, 0.05) is 30.4 Å². The Hall–Kier alpha value is -1.13. The zero-order valence-corrected chi connectivity index (χ0v) is 12.2. The van der Waals surface area contributed by atoms with Crippen LogP contribution in [0, 0.1) is 0 Å². The average molecular weight is 263 g/mol. The molecule has 0 aliphatic carbocycles. The molecule has 1 fully saturated rings. The maximum Gasteiger partial charge on any atom is 0.133 e. The van der Waals surface area contributed by atoms with Crippen LogP contribution in [0.2, 0.25) is 0 Å². The van der Waals surface area contributed by atoms with Crippen molar-refractivity contribution in [3.63, 3.8) is 0 Å². The molecule has 2 rings (SSSR count). The number of pyridine rings is 1. The Morgan fingerprint density at radius 1 is 1.47 bits per heavy atom. The van der Waals surface area contributed by atoms with E-state index in [4.69, 9.17) is 0 Å². The Morgan fingerprint density at radius 3 is 2.95 bits per heavy atom. The van der Waals surface area contributed by atoms with Crippen molar-refractivity contribution in [1.29, 1.82) is 0 Å². The average Bonchev–Trinajstić information content (AvgIpc) is 2.84. The van der Waals surface area contributed by atoms with Gasteiger partial charge in [-0.15, -0.1) is 0 Å². The number of hydrogen-bond acceptors (Lipinski definition) is 4. The van der Waals surface area contributed by atoms with Crippen LogP contribution in [0.3, 0.4) is 0 Å². The van der Waals surface area contributed by atoms with Crippen molar-refractivity contribution in [1.82, 2.24) is 10.3 Å². The zero-order valence-electron chi connectivity index (χ0n) is 12.2. The van der Waals surface area contributed by atoms with Crippen molar-refractivity contribution in [2.75, 3.05) is 18.1 Å². The van der Waals surface area contributed by atoms with Gasteiger partial charge in [-0.2, -0.15) is 0 Å². The summed E-state index contributed by atoms with van der Waals surface area (Å²) in [6.07, 6.45) is 4.02. The number of nitrogens with one attached hydrogen (secondary N) is 1. The second kappa shape index (κ2) is 5.88. The lowest BCUT2D eigenvalue weighted by atomic mass is 10.1. The number of rotatable bonds is 4. The third-order valence-corrected chi connectivity index (χ3v) is 3.54. The summed E-state index contributed by atoms with van der Waals surface area (Å²) in [5, 5.41) is 13.0. The van der Waals surface area contributed by atoms with E-state index in [1.54, 1.807) is 0 Å². The van der Waals surface area contributed by atoms with Gasteiger partial charge in [-0.05, 0) is 39.7 Å². The highest BCUT2D eigenvalue weighted by Crippen LogP contribution is 2.26. The molecule has 0 amide bonds. The zero-order chi connectivity index (χ0) is 13.9. The number of aliphatic hydroxyl groups is 1. The van der Waals surface area contributed by atoms with E-state index in [0.717, 1.165) is 31.7 Å². The quantitative estimate of drug-likeness (QED) is 0.871. The van der Waals surface area contributed by atoms with Crippen LogP contribution in [-0.4, -0.2) is 34.8 Å². The first-order valence-corrected chi connectivity index (χ1v) is 7.08. The first kappa shape index (κ1) is 14.3. The Bertz CT molecular complexity index is 414. The fourth-order valence-corrected chi connectivity index (χ4v) is 2.49. The third kappa shape index (κ3) is 3.67. The standard InChI is InChI=1S/C15H25N3O/c1-15(2,3)17-10-12-6-4-8-16-14(12)18-9-5-7-13(18)11-19/h4,6,8,13,17,19H,5,7,9-11H2,1-3H3. The highest BCUT2D eigenvalue weighted by atomic mass is 16.3. The predicted octanol–water partition coefficient (Wildman–Crippen LogP) is 1.93. The van der Waals surface area contributed by atoms with Crippen LogP contribution in [-0.2, 0) is 6.54 Å². The lowest BCUT2D eigenvalue weighted by molar-refractivity contribution is 0.266. The van der Waals surface area contributed by atoms with E-state index in [0.29, 0.717) is 0 Å². The summed E-state index contributed by atoms with van der Waals surface area (Å²) >= 11 is 0. The molecule has 1 unspecified atom stereocenters. The molecule has 1 aliphatic rings. The molecule has 4 nitrogen and oxygen atoms in total. The Labute approximate surface area is 115 Å². The molecule has 2 N–H and O–H groups in total. The number of aliphatic hydroxyl groups excluding tert-OH is 1. The molecule has 2 heterocycles. The molecule has 1 aliphatic heterocycles. The van der Waals surface area contributed by atoms with Crippen molar-refractivity contribution in [3.05, 3.63) is 23.9 Å². The molecule has 1 atom stereocenters. The van der Waals surface area contributed by atoms with Gasteiger partial charge in [0.25, 0.3) is 0 Å². The van der Waals surface area contributed by atoms with Crippen LogP contribution in [0.1, 0.15) is 39.2 Å². The maximum atomic E-state index is 9.46. The summed E-state index contributed by atoms with van der Waals surface area (Å²) in [4.78, 5) is 6.78. The van der Waals surface area contributed by atoms with Crippen LogP contribution in [0.4, 0.5) is 5.82 Å². The van der Waals surface area contributed by atoms with Gasteiger partial charge in [0.1, 0.15) is 5.82 Å². The van der Waals surface area contributed by atoms with Gasteiger partial charge in [-0.3, -0.25) is 0 Å². The maximum absolute atomic E-state index is 9.46. The molecule has 4 heteroatoms. The van der Waals surface area contributed by atoms with E-state index in [2.05, 4.69) is 42.0 Å². The van der Waals surface area contributed by atoms with Gasteiger partial charge in [-0.25, -0.2) is 4.98 Å². The van der Waals surface area contributed by atoms with Gasteiger partial charge in [-0.1, -0.05) is 6.07 Å². The minimum absolute atomic E-state index is 0.0918. The molecule has 0 aromatic carbocycles.